The number of amides is 1. The van der Waals surface area contributed by atoms with Crippen LogP contribution in [0.5, 0.6) is 0 Å². The number of nitrogens with zero attached hydrogens (tertiary/aromatic N) is 2. The smallest absolute Gasteiger partial charge is 0.259 e. The first-order valence-electron chi connectivity index (χ1n) is 9.03. The quantitative estimate of drug-likeness (QED) is 0.700. The zero-order chi connectivity index (χ0) is 20.4. The number of fused-ring (bicyclic) bond motifs is 1. The summed E-state index contributed by atoms with van der Waals surface area (Å²) in [7, 11) is 4.06. The summed E-state index contributed by atoms with van der Waals surface area (Å²) in [5, 5.41) is 3.51. The second kappa shape index (κ2) is 8.75. The zero-order valence-corrected chi connectivity index (χ0v) is 18.9. The Hall–Kier alpha value is -1.38. The number of aromatic amines is 1. The highest BCUT2D eigenvalue weighted by Gasteiger charge is 2.22. The molecule has 0 fully saturated rings. The van der Waals surface area contributed by atoms with E-state index in [0.717, 1.165) is 21.8 Å². The predicted molar refractivity (Wildman–Crippen MR) is 116 cm³/mol. The van der Waals surface area contributed by atoms with E-state index in [1.807, 2.05) is 34.9 Å². The number of thioether (sulfide) groups is 1. The van der Waals surface area contributed by atoms with E-state index in [-0.39, 0.29) is 22.1 Å². The number of hydrogen-bond donors (Lipinski definition) is 2. The van der Waals surface area contributed by atoms with Gasteiger partial charge in [0.15, 0.2) is 0 Å². The van der Waals surface area contributed by atoms with Crippen molar-refractivity contribution in [3.05, 3.63) is 26.6 Å². The summed E-state index contributed by atoms with van der Waals surface area (Å²) in [5.74, 6) is 1.13. The van der Waals surface area contributed by atoms with E-state index in [2.05, 4.69) is 34.0 Å². The first-order valence-corrected chi connectivity index (χ1v) is 10.9. The highest BCUT2D eigenvalue weighted by Crippen LogP contribution is 2.26. The van der Waals surface area contributed by atoms with Crippen molar-refractivity contribution in [1.29, 1.82) is 0 Å². The van der Waals surface area contributed by atoms with Gasteiger partial charge in [-0.25, -0.2) is 4.98 Å². The van der Waals surface area contributed by atoms with Gasteiger partial charge in [0.2, 0.25) is 5.91 Å². The van der Waals surface area contributed by atoms with E-state index < -0.39 is 0 Å². The van der Waals surface area contributed by atoms with Crippen molar-refractivity contribution in [3.8, 4) is 0 Å². The molecule has 0 radical (unpaired) electrons. The second-order valence-electron chi connectivity index (χ2n) is 8.05. The molecule has 1 amide bonds. The van der Waals surface area contributed by atoms with Gasteiger partial charge in [0.25, 0.3) is 5.56 Å². The molecule has 1 unspecified atom stereocenters. The van der Waals surface area contributed by atoms with Gasteiger partial charge < -0.3 is 15.2 Å². The Kier molecular flexibility index (Phi) is 7.10. The molecule has 0 aromatic carbocycles. The standard InChI is InChI=1S/C19H30N4O2S2/c1-11-12(2)27-18-15(11)17(25)21-14(22-18)8-26-13(3)16(24)20-9-19(4,5)10-23(6)7/h13H,8-10H2,1-7H3,(H,20,24)(H,21,22,25). The fourth-order valence-electron chi connectivity index (χ4n) is 3.03. The van der Waals surface area contributed by atoms with Crippen molar-refractivity contribution in [3.63, 3.8) is 0 Å². The molecule has 2 rings (SSSR count). The van der Waals surface area contributed by atoms with Crippen molar-refractivity contribution >= 4 is 39.2 Å². The van der Waals surface area contributed by atoms with E-state index in [0.29, 0.717) is 23.5 Å². The Bertz CT molecular complexity index is 870. The SMILES string of the molecule is Cc1sc2nc(CSC(C)C(=O)NCC(C)(C)CN(C)C)[nH]c(=O)c2c1C. The maximum absolute atomic E-state index is 12.4. The van der Waals surface area contributed by atoms with E-state index in [4.69, 9.17) is 0 Å². The molecule has 2 heterocycles. The summed E-state index contributed by atoms with van der Waals surface area (Å²) in [5.41, 5.74) is 0.909. The second-order valence-corrected chi connectivity index (χ2v) is 10.6. The molecule has 0 saturated heterocycles. The van der Waals surface area contributed by atoms with Gasteiger partial charge in [-0.05, 0) is 45.8 Å². The molecule has 0 spiro atoms. The molecule has 2 N–H and O–H groups in total. The molecule has 8 heteroatoms. The Morgan fingerprint density at radius 1 is 1.37 bits per heavy atom. The molecule has 2 aromatic rings. The van der Waals surface area contributed by atoms with Gasteiger partial charge in [-0.2, -0.15) is 0 Å². The summed E-state index contributed by atoms with van der Waals surface area (Å²) in [4.78, 5) is 36.2. The highest BCUT2D eigenvalue weighted by atomic mass is 32.2. The molecule has 0 aliphatic heterocycles. The van der Waals surface area contributed by atoms with Gasteiger partial charge in [0.05, 0.1) is 16.4 Å². The summed E-state index contributed by atoms with van der Waals surface area (Å²) < 4.78 is 0. The van der Waals surface area contributed by atoms with Gasteiger partial charge in [0, 0.05) is 18.0 Å². The maximum atomic E-state index is 12.4. The lowest BCUT2D eigenvalue weighted by Crippen LogP contribution is -2.42. The summed E-state index contributed by atoms with van der Waals surface area (Å²) in [6.07, 6.45) is 0. The average Bonchev–Trinajstić information content (AvgIpc) is 2.84. The Morgan fingerprint density at radius 2 is 2.04 bits per heavy atom. The number of carbonyl (C=O) groups excluding carboxylic acids is 1. The molecular formula is C19H30N4O2S2. The van der Waals surface area contributed by atoms with Crippen LogP contribution in [0.1, 0.15) is 37.0 Å². The van der Waals surface area contributed by atoms with Crippen molar-refractivity contribution in [2.24, 2.45) is 5.41 Å². The van der Waals surface area contributed by atoms with Gasteiger partial charge >= 0.3 is 0 Å². The van der Waals surface area contributed by atoms with Crippen LogP contribution in [0, 0.1) is 19.3 Å². The Balaban J connectivity index is 1.95. The number of H-pyrrole nitrogens is 1. The first-order chi connectivity index (χ1) is 12.5. The van der Waals surface area contributed by atoms with Crippen LogP contribution in [-0.2, 0) is 10.5 Å². The number of carbonyl (C=O) groups is 1. The van der Waals surface area contributed by atoms with Crippen LogP contribution in [-0.4, -0.2) is 53.2 Å². The fourth-order valence-corrected chi connectivity index (χ4v) is 4.86. The summed E-state index contributed by atoms with van der Waals surface area (Å²) in [6, 6.07) is 0. The Labute approximate surface area is 169 Å². The van der Waals surface area contributed by atoms with Crippen molar-refractivity contribution in [2.75, 3.05) is 27.2 Å². The minimum Gasteiger partial charge on any atom is -0.355 e. The largest absolute Gasteiger partial charge is 0.355 e. The molecule has 6 nitrogen and oxygen atoms in total. The van der Waals surface area contributed by atoms with E-state index >= 15 is 0 Å². The van der Waals surface area contributed by atoms with E-state index in [9.17, 15) is 9.59 Å². The summed E-state index contributed by atoms with van der Waals surface area (Å²) in [6.45, 7) is 11.6. The number of nitrogens with one attached hydrogen (secondary N) is 2. The molecule has 27 heavy (non-hydrogen) atoms. The van der Waals surface area contributed by atoms with Crippen LogP contribution >= 0.6 is 23.1 Å². The van der Waals surface area contributed by atoms with Crippen molar-refractivity contribution < 1.29 is 4.79 Å². The normalized spacial score (nSPS) is 13.3. The van der Waals surface area contributed by atoms with Gasteiger partial charge in [-0.3, -0.25) is 9.59 Å². The van der Waals surface area contributed by atoms with Crippen LogP contribution in [0.15, 0.2) is 4.79 Å². The van der Waals surface area contributed by atoms with Crippen LogP contribution in [0.3, 0.4) is 0 Å². The average molecular weight is 411 g/mol. The topological polar surface area (TPSA) is 78.1 Å². The molecular weight excluding hydrogens is 380 g/mol. The highest BCUT2D eigenvalue weighted by molar-refractivity contribution is 7.99. The molecule has 1 atom stereocenters. The Morgan fingerprint density at radius 3 is 2.67 bits per heavy atom. The van der Waals surface area contributed by atoms with Gasteiger partial charge in [0.1, 0.15) is 10.7 Å². The third-order valence-electron chi connectivity index (χ3n) is 4.41. The molecule has 150 valence electrons. The number of aryl methyl sites for hydroxylation is 2. The molecule has 0 saturated carbocycles. The third-order valence-corrected chi connectivity index (χ3v) is 6.67. The minimum atomic E-state index is -0.215. The number of hydrogen-bond acceptors (Lipinski definition) is 6. The van der Waals surface area contributed by atoms with E-state index in [1.54, 1.807) is 0 Å². The van der Waals surface area contributed by atoms with Crippen LogP contribution in [0.2, 0.25) is 0 Å². The lowest BCUT2D eigenvalue weighted by atomic mass is 9.93. The van der Waals surface area contributed by atoms with Crippen LogP contribution < -0.4 is 10.9 Å². The van der Waals surface area contributed by atoms with Crippen LogP contribution in [0.4, 0.5) is 0 Å². The lowest BCUT2D eigenvalue weighted by Gasteiger charge is -2.29. The predicted octanol–water partition coefficient (Wildman–Crippen LogP) is 2.93. The lowest BCUT2D eigenvalue weighted by molar-refractivity contribution is -0.120. The fraction of sp³-hybridized carbons (Fsp3) is 0.632. The number of thiophene rings is 1. The molecule has 0 aliphatic carbocycles. The molecule has 2 aromatic heterocycles. The zero-order valence-electron chi connectivity index (χ0n) is 17.2. The third kappa shape index (κ3) is 5.80. The van der Waals surface area contributed by atoms with Gasteiger partial charge in [-0.15, -0.1) is 23.1 Å². The maximum Gasteiger partial charge on any atom is 0.259 e. The molecule has 0 aliphatic rings. The number of aromatic nitrogens is 2. The van der Waals surface area contributed by atoms with Crippen molar-refractivity contribution in [2.45, 2.75) is 45.6 Å². The first kappa shape index (κ1) is 21.9. The van der Waals surface area contributed by atoms with E-state index in [1.165, 1.54) is 23.1 Å². The molecule has 0 bridgehead atoms. The minimum absolute atomic E-state index is 0.0102. The van der Waals surface area contributed by atoms with Crippen LogP contribution in [0.25, 0.3) is 10.2 Å². The summed E-state index contributed by atoms with van der Waals surface area (Å²) >= 11 is 3.02. The number of rotatable bonds is 8. The van der Waals surface area contributed by atoms with Crippen molar-refractivity contribution in [1.82, 2.24) is 20.2 Å². The monoisotopic (exact) mass is 410 g/mol. The van der Waals surface area contributed by atoms with Gasteiger partial charge in [-0.1, -0.05) is 13.8 Å².